The molecule has 0 aromatic carbocycles. The first-order chi connectivity index (χ1) is 9.66. The molecule has 8 heteroatoms. The number of allylic oxidation sites excluding steroid dienone is 4. The summed E-state index contributed by atoms with van der Waals surface area (Å²) in [5.41, 5.74) is 0.0995. The van der Waals surface area contributed by atoms with Crippen molar-refractivity contribution in [3.8, 4) is 0 Å². The first kappa shape index (κ1) is 20.2. The summed E-state index contributed by atoms with van der Waals surface area (Å²) in [6, 6.07) is 0. The number of aliphatic carboxylic acids is 4. The first-order valence-electron chi connectivity index (χ1n) is 5.28. The zero-order chi connectivity index (χ0) is 16.8. The lowest BCUT2D eigenvalue weighted by atomic mass is 10.3. The number of carbonyl (C=O) groups is 4. The van der Waals surface area contributed by atoms with Crippen LogP contribution in [0.25, 0.3) is 0 Å². The Morgan fingerprint density at radius 2 is 1.00 bits per heavy atom. The topological polar surface area (TPSA) is 149 Å². The number of rotatable bonds is 6. The molecule has 8 nitrogen and oxygen atoms in total. The zero-order valence-corrected chi connectivity index (χ0v) is 11.0. The monoisotopic (exact) mass is 298 g/mol. The summed E-state index contributed by atoms with van der Waals surface area (Å²) >= 11 is 0. The van der Waals surface area contributed by atoms with Crippen LogP contribution in [0.3, 0.4) is 0 Å². The van der Waals surface area contributed by atoms with Crippen molar-refractivity contribution in [2.45, 2.75) is 6.92 Å². The van der Waals surface area contributed by atoms with Gasteiger partial charge in [0.1, 0.15) is 0 Å². The molecule has 0 amide bonds. The smallest absolute Gasteiger partial charge is 0.331 e. The van der Waals surface area contributed by atoms with Crippen molar-refractivity contribution in [3.63, 3.8) is 0 Å². The minimum absolute atomic E-state index is 0.0995. The van der Waals surface area contributed by atoms with E-state index >= 15 is 0 Å². The molecule has 114 valence electrons. The summed E-state index contributed by atoms with van der Waals surface area (Å²) in [6.45, 7) is 1.38. The van der Waals surface area contributed by atoms with Gasteiger partial charge < -0.3 is 20.4 Å². The van der Waals surface area contributed by atoms with Crippen molar-refractivity contribution in [1.29, 1.82) is 0 Å². The molecule has 0 unspecified atom stereocenters. The number of hydrogen-bond donors (Lipinski definition) is 4. The Kier molecular flexibility index (Phi) is 11.4. The van der Waals surface area contributed by atoms with Crippen LogP contribution in [-0.4, -0.2) is 44.3 Å². The van der Waals surface area contributed by atoms with Crippen LogP contribution in [0.15, 0.2) is 48.1 Å². The average molecular weight is 298 g/mol. The SMILES string of the molecule is C/C(=C\C=C\C(=O)O)C(=O)O.O=C(O)/C=C/C=C/C(=O)O. The third-order valence-corrected chi connectivity index (χ3v) is 1.51. The molecule has 0 radical (unpaired) electrons. The van der Waals surface area contributed by atoms with Crippen LogP contribution in [0.2, 0.25) is 0 Å². The van der Waals surface area contributed by atoms with E-state index in [1.807, 2.05) is 0 Å². The van der Waals surface area contributed by atoms with Gasteiger partial charge in [0.25, 0.3) is 0 Å². The van der Waals surface area contributed by atoms with E-state index in [4.69, 9.17) is 20.4 Å². The molecule has 21 heavy (non-hydrogen) atoms. The predicted molar refractivity (Wildman–Crippen MR) is 71.7 cm³/mol. The minimum Gasteiger partial charge on any atom is -0.478 e. The number of hydrogen-bond acceptors (Lipinski definition) is 4. The molecule has 0 spiro atoms. The second kappa shape index (κ2) is 11.9. The van der Waals surface area contributed by atoms with E-state index < -0.39 is 23.9 Å². The summed E-state index contributed by atoms with van der Waals surface area (Å²) in [5, 5.41) is 32.4. The highest BCUT2D eigenvalue weighted by molar-refractivity contribution is 5.87. The Morgan fingerprint density at radius 3 is 1.29 bits per heavy atom. The largest absolute Gasteiger partial charge is 0.478 e. The third-order valence-electron chi connectivity index (χ3n) is 1.51. The summed E-state index contributed by atoms with van der Waals surface area (Å²) in [4.78, 5) is 39.6. The second-order valence-electron chi connectivity index (χ2n) is 3.25. The van der Waals surface area contributed by atoms with Gasteiger partial charge >= 0.3 is 23.9 Å². The Bertz CT molecular complexity index is 486. The zero-order valence-electron chi connectivity index (χ0n) is 11.0. The standard InChI is InChI=1S/C7H8O4.C6H6O4/c1-5(7(10)11)3-2-4-6(8)9;7-5(8)3-1-2-4-6(9)10/h2-4H,1H3,(H,8,9)(H,10,11);1-4H,(H,7,8)(H,9,10)/b4-2+,5-3+;3-1+,4-2+. The lowest BCUT2D eigenvalue weighted by molar-refractivity contribution is -0.133. The van der Waals surface area contributed by atoms with Crippen molar-refractivity contribution < 1.29 is 39.6 Å². The minimum atomic E-state index is -1.10. The van der Waals surface area contributed by atoms with Crippen LogP contribution in [-0.2, 0) is 19.2 Å². The molecule has 0 aliphatic heterocycles. The normalized spacial score (nSPS) is 11.4. The maximum atomic E-state index is 10.1. The van der Waals surface area contributed by atoms with Crippen LogP contribution >= 0.6 is 0 Å². The predicted octanol–water partition coefficient (Wildman–Crippen LogP) is 0.926. The molecule has 0 aliphatic rings. The van der Waals surface area contributed by atoms with Crippen LogP contribution in [0, 0.1) is 0 Å². The van der Waals surface area contributed by atoms with Crippen molar-refractivity contribution in [1.82, 2.24) is 0 Å². The van der Waals surface area contributed by atoms with Gasteiger partial charge in [-0.3, -0.25) is 0 Å². The van der Waals surface area contributed by atoms with Crippen molar-refractivity contribution >= 4 is 23.9 Å². The van der Waals surface area contributed by atoms with Gasteiger partial charge in [0.15, 0.2) is 0 Å². The summed E-state index contributed by atoms with van der Waals surface area (Å²) in [5.74, 6) is -4.36. The highest BCUT2D eigenvalue weighted by atomic mass is 16.4. The first-order valence-corrected chi connectivity index (χ1v) is 5.28. The van der Waals surface area contributed by atoms with Gasteiger partial charge in [-0.25, -0.2) is 19.2 Å². The van der Waals surface area contributed by atoms with Crippen LogP contribution in [0.5, 0.6) is 0 Å². The van der Waals surface area contributed by atoms with Crippen molar-refractivity contribution in [3.05, 3.63) is 48.1 Å². The Morgan fingerprint density at radius 1 is 0.667 bits per heavy atom. The lowest BCUT2D eigenvalue weighted by Gasteiger charge is -1.86. The fourth-order valence-electron chi connectivity index (χ4n) is 0.622. The van der Waals surface area contributed by atoms with Gasteiger partial charge in [0, 0.05) is 23.8 Å². The van der Waals surface area contributed by atoms with Gasteiger partial charge in [-0.05, 0) is 6.92 Å². The Balaban J connectivity index is 0. The van der Waals surface area contributed by atoms with Gasteiger partial charge in [0.2, 0.25) is 0 Å². The van der Waals surface area contributed by atoms with Crippen LogP contribution in [0.4, 0.5) is 0 Å². The fraction of sp³-hybridized carbons (Fsp3) is 0.0769. The molecule has 0 bridgehead atoms. The number of carboxylic acids is 4. The molecular formula is C13H14O8. The molecule has 0 saturated carbocycles. The maximum absolute atomic E-state index is 10.1. The molecule has 0 aliphatic carbocycles. The highest BCUT2D eigenvalue weighted by Gasteiger charge is 1.95. The highest BCUT2D eigenvalue weighted by Crippen LogP contribution is 1.91. The van der Waals surface area contributed by atoms with Crippen molar-refractivity contribution in [2.24, 2.45) is 0 Å². The summed E-state index contributed by atoms with van der Waals surface area (Å²) in [6.07, 6.45) is 7.22. The lowest BCUT2D eigenvalue weighted by Crippen LogP contribution is -1.94. The van der Waals surface area contributed by atoms with E-state index in [0.29, 0.717) is 0 Å². The van der Waals surface area contributed by atoms with E-state index in [9.17, 15) is 19.2 Å². The molecule has 0 aromatic rings. The third kappa shape index (κ3) is 19.4. The van der Waals surface area contributed by atoms with Crippen molar-refractivity contribution in [2.75, 3.05) is 0 Å². The number of carboxylic acid groups (broad SMARTS) is 4. The molecular weight excluding hydrogens is 284 g/mol. The summed E-state index contributed by atoms with van der Waals surface area (Å²) in [7, 11) is 0. The maximum Gasteiger partial charge on any atom is 0.331 e. The summed E-state index contributed by atoms with van der Waals surface area (Å²) < 4.78 is 0. The Hall–Kier alpha value is -3.16. The fourth-order valence-corrected chi connectivity index (χ4v) is 0.622. The van der Waals surface area contributed by atoms with E-state index in [-0.39, 0.29) is 5.57 Å². The molecule has 0 heterocycles. The molecule has 0 rings (SSSR count). The molecule has 0 fully saturated rings. The van der Waals surface area contributed by atoms with E-state index in [1.165, 1.54) is 19.1 Å². The quantitative estimate of drug-likeness (QED) is 0.417. The van der Waals surface area contributed by atoms with Gasteiger partial charge in [-0.2, -0.15) is 0 Å². The Labute approximate surface area is 119 Å². The van der Waals surface area contributed by atoms with Crippen LogP contribution in [0.1, 0.15) is 6.92 Å². The van der Waals surface area contributed by atoms with E-state index in [2.05, 4.69) is 0 Å². The van der Waals surface area contributed by atoms with E-state index in [1.54, 1.807) is 0 Å². The molecule has 4 N–H and O–H groups in total. The van der Waals surface area contributed by atoms with E-state index in [0.717, 1.165) is 30.4 Å². The van der Waals surface area contributed by atoms with Gasteiger partial charge in [0.05, 0.1) is 0 Å². The van der Waals surface area contributed by atoms with Gasteiger partial charge in [-0.1, -0.05) is 24.3 Å². The molecule has 0 saturated heterocycles. The van der Waals surface area contributed by atoms with Gasteiger partial charge in [-0.15, -0.1) is 0 Å². The molecule has 0 atom stereocenters. The molecule has 0 aromatic heterocycles. The van der Waals surface area contributed by atoms with Crippen LogP contribution < -0.4 is 0 Å². The second-order valence-corrected chi connectivity index (χ2v) is 3.25. The average Bonchev–Trinajstić information content (AvgIpc) is 2.34.